The van der Waals surface area contributed by atoms with Crippen LogP contribution in [-0.4, -0.2) is 155 Å². The Morgan fingerprint density at radius 2 is 0.905 bits per heavy atom. The van der Waals surface area contributed by atoms with Crippen LogP contribution in [0.5, 0.6) is 5.75 Å². The van der Waals surface area contributed by atoms with Gasteiger partial charge in [0.15, 0.2) is 0 Å². The normalized spacial score (nSPS) is 11.4. The predicted molar refractivity (Wildman–Crippen MR) is 352 cm³/mol. The number of halogens is 2. The number of likely N-dealkylation sites (N-methyl/N-ethyl adjacent to an activating group) is 5. The van der Waals surface area contributed by atoms with Gasteiger partial charge in [-0.15, -0.1) is 0 Å². The zero-order valence-electron chi connectivity index (χ0n) is 51.0. The fourth-order valence-electron chi connectivity index (χ4n) is 9.53. The van der Waals surface area contributed by atoms with Gasteiger partial charge in [0.1, 0.15) is 18.2 Å². The Hall–Kier alpha value is -7.57. The smallest absolute Gasteiger partial charge is 0.271 e. The molecule has 0 aliphatic rings. The van der Waals surface area contributed by atoms with Gasteiger partial charge in [-0.05, 0) is 179 Å². The summed E-state index contributed by atoms with van der Waals surface area (Å²) in [5, 5.41) is 16.3. The van der Waals surface area contributed by atoms with Gasteiger partial charge in [0.05, 0.1) is 21.5 Å². The lowest BCUT2D eigenvalue weighted by Crippen LogP contribution is -2.17. The molecule has 0 spiro atoms. The Balaban J connectivity index is 0.000000152. The zero-order valence-corrected chi connectivity index (χ0v) is 52.6. The van der Waals surface area contributed by atoms with E-state index < -0.39 is 0 Å². The molecule has 11 rings (SSSR count). The molecule has 5 aromatic heterocycles. The van der Waals surface area contributed by atoms with E-state index in [0.29, 0.717) is 12.0 Å². The van der Waals surface area contributed by atoms with Crippen LogP contribution in [0.1, 0.15) is 11.1 Å². The van der Waals surface area contributed by atoms with E-state index in [2.05, 4.69) is 205 Å². The van der Waals surface area contributed by atoms with Crippen molar-refractivity contribution in [1.82, 2.24) is 47.3 Å². The van der Waals surface area contributed by atoms with E-state index in [1.54, 1.807) is 24.3 Å². The molecule has 14 nitrogen and oxygen atoms in total. The summed E-state index contributed by atoms with van der Waals surface area (Å²) in [5.41, 5.74) is 8.41. The first kappa shape index (κ1) is 64.0. The molecule has 0 saturated heterocycles. The first-order chi connectivity index (χ1) is 40.3. The highest BCUT2D eigenvalue weighted by atomic mass is 79.9. The minimum absolute atomic E-state index is 0.141. The number of fused-ring (bicyclic) bond motifs is 5. The molecule has 84 heavy (non-hydrogen) atoms. The summed E-state index contributed by atoms with van der Waals surface area (Å²) in [4.78, 5) is 21.2. The summed E-state index contributed by atoms with van der Waals surface area (Å²) in [6, 6.07) is 50.0. The molecule has 6 aromatic carbocycles. The second kappa shape index (κ2) is 31.4. The third-order valence-electron chi connectivity index (χ3n) is 14.3. The Labute approximate surface area is 504 Å². The van der Waals surface area contributed by atoms with Gasteiger partial charge in [0.25, 0.3) is 5.69 Å². The summed E-state index contributed by atoms with van der Waals surface area (Å²) in [7, 11) is 20.7. The van der Waals surface area contributed by atoms with Crippen molar-refractivity contribution in [2.75, 3.05) is 103 Å². The topological polar surface area (TPSA) is 93.2 Å². The summed E-state index contributed by atoms with van der Waals surface area (Å²) >= 11 is 3.49. The molecule has 0 N–H and O–H groups in total. The highest BCUT2D eigenvalue weighted by Gasteiger charge is 2.11. The third kappa shape index (κ3) is 18.7. The number of nitro groups is 1. The van der Waals surface area contributed by atoms with Crippen LogP contribution in [0.25, 0.3) is 54.5 Å². The standard InChI is InChI=1S/C19H22N2O.C13H18N2.C12H15BrN2.C12H15FN2.C12H15N3O2/c1-20(2)13-14-21-12-11-17-18(21)9-6-10-19(17)22-15-16-7-4-3-5-8-16;1-11-4-5-13-12(10-11)6-7-15(13)9-8-14(2)3;1-14(2)7-8-15-6-5-10-9-11(13)3-4-12(10)15;1-14(2)8-9-15-7-6-10-11(13)4-3-5-12(10)15;1-13(2)7-8-14-6-5-10-3-4-11(15(16)17)9-12(10)14/h3-12H,13-15H2,1-2H3;4-7,10H,8-9H2,1-3H3;3-6,9H,7-8H2,1-2H3;3-7H,8-9H2,1-2H3;3-6,9H,7-8H2,1-2H3. The Morgan fingerprint density at radius 3 is 1.44 bits per heavy atom. The van der Waals surface area contributed by atoms with E-state index in [4.69, 9.17) is 4.74 Å². The van der Waals surface area contributed by atoms with E-state index in [0.717, 1.165) is 92.1 Å². The number of nitro benzene ring substituents is 1. The van der Waals surface area contributed by atoms with E-state index in [1.807, 2.05) is 87.6 Å². The molecule has 0 aliphatic heterocycles. The second-order valence-electron chi connectivity index (χ2n) is 22.5. The summed E-state index contributed by atoms with van der Waals surface area (Å²) in [6.45, 7) is 12.6. The number of nitrogens with zero attached hydrogens (tertiary/aromatic N) is 11. The van der Waals surface area contributed by atoms with Gasteiger partial charge in [-0.3, -0.25) is 10.1 Å². The molecule has 0 amide bonds. The third-order valence-corrected chi connectivity index (χ3v) is 14.8. The maximum atomic E-state index is 13.4. The molecule has 0 fully saturated rings. The Kier molecular flexibility index (Phi) is 23.9. The Bertz CT molecular complexity index is 3710. The van der Waals surface area contributed by atoms with Crippen molar-refractivity contribution >= 4 is 76.1 Å². The van der Waals surface area contributed by atoms with Gasteiger partial charge < -0.3 is 52.1 Å². The van der Waals surface area contributed by atoms with Gasteiger partial charge in [-0.25, -0.2) is 4.39 Å². The van der Waals surface area contributed by atoms with Crippen LogP contribution in [0.15, 0.2) is 187 Å². The van der Waals surface area contributed by atoms with Crippen LogP contribution in [-0.2, 0) is 39.3 Å². The van der Waals surface area contributed by atoms with Crippen molar-refractivity contribution in [2.24, 2.45) is 0 Å². The van der Waals surface area contributed by atoms with Gasteiger partial charge in [-0.2, -0.15) is 0 Å². The molecule has 0 radical (unpaired) electrons. The van der Waals surface area contributed by atoms with E-state index in [1.165, 1.54) is 49.9 Å². The van der Waals surface area contributed by atoms with Gasteiger partial charge in [0.2, 0.25) is 0 Å². The number of non-ortho nitro benzene ring substituents is 1. The lowest BCUT2D eigenvalue weighted by molar-refractivity contribution is -0.384. The number of aryl methyl sites for hydroxylation is 1. The first-order valence-electron chi connectivity index (χ1n) is 28.6. The van der Waals surface area contributed by atoms with Crippen LogP contribution in [0.2, 0.25) is 0 Å². The van der Waals surface area contributed by atoms with Crippen molar-refractivity contribution in [3.63, 3.8) is 0 Å². The quantitative estimate of drug-likeness (QED) is 0.0584. The highest BCUT2D eigenvalue weighted by molar-refractivity contribution is 9.10. The maximum Gasteiger partial charge on any atom is 0.271 e. The Morgan fingerprint density at radius 1 is 0.452 bits per heavy atom. The molecule has 444 valence electrons. The van der Waals surface area contributed by atoms with E-state index >= 15 is 0 Å². The largest absolute Gasteiger partial charge is 0.488 e. The van der Waals surface area contributed by atoms with Crippen molar-refractivity contribution in [2.45, 2.75) is 46.3 Å². The molecular formula is C68H85BrFN11O3. The number of aromatic nitrogens is 5. The number of hydrogen-bond acceptors (Lipinski definition) is 8. The van der Waals surface area contributed by atoms with Crippen LogP contribution in [0.4, 0.5) is 10.1 Å². The monoisotopic (exact) mass is 1200 g/mol. The first-order valence-corrected chi connectivity index (χ1v) is 29.4. The molecule has 16 heteroatoms. The average molecular weight is 1200 g/mol. The molecule has 0 unspecified atom stereocenters. The average Bonchev–Trinajstić information content (AvgIpc) is 4.53. The maximum absolute atomic E-state index is 13.4. The van der Waals surface area contributed by atoms with Crippen molar-refractivity contribution in [3.05, 3.63) is 214 Å². The lowest BCUT2D eigenvalue weighted by atomic mass is 10.2. The molecule has 0 saturated carbocycles. The molecular weight excluding hydrogens is 1120 g/mol. The lowest BCUT2D eigenvalue weighted by Gasteiger charge is -2.12. The second-order valence-corrected chi connectivity index (χ2v) is 23.4. The molecule has 0 atom stereocenters. The number of ether oxygens (including phenoxy) is 1. The fourth-order valence-corrected chi connectivity index (χ4v) is 9.91. The summed E-state index contributed by atoms with van der Waals surface area (Å²) in [6.07, 6.45) is 10.4. The molecule has 0 aliphatic carbocycles. The van der Waals surface area contributed by atoms with E-state index in [9.17, 15) is 14.5 Å². The van der Waals surface area contributed by atoms with Crippen molar-refractivity contribution < 1.29 is 14.1 Å². The van der Waals surface area contributed by atoms with Crippen LogP contribution < -0.4 is 4.74 Å². The van der Waals surface area contributed by atoms with Gasteiger partial charge in [0, 0.05) is 146 Å². The predicted octanol–water partition coefficient (Wildman–Crippen LogP) is 13.7. The summed E-state index contributed by atoms with van der Waals surface area (Å²) < 4.78 is 31.6. The minimum atomic E-state index is -0.358. The number of hydrogen-bond donors (Lipinski definition) is 0. The molecule has 0 bridgehead atoms. The highest BCUT2D eigenvalue weighted by Crippen LogP contribution is 2.28. The molecule has 11 aromatic rings. The van der Waals surface area contributed by atoms with Crippen LogP contribution in [0.3, 0.4) is 0 Å². The van der Waals surface area contributed by atoms with Gasteiger partial charge >= 0.3 is 0 Å². The van der Waals surface area contributed by atoms with E-state index in [-0.39, 0.29) is 16.4 Å². The minimum Gasteiger partial charge on any atom is -0.488 e. The van der Waals surface area contributed by atoms with Crippen molar-refractivity contribution in [3.8, 4) is 5.75 Å². The summed E-state index contributed by atoms with van der Waals surface area (Å²) in [5.74, 6) is 0.807. The van der Waals surface area contributed by atoms with Crippen LogP contribution >= 0.6 is 15.9 Å². The SMILES string of the molecule is CN(C)CCn1ccc2c(F)cccc21.CN(C)CCn1ccc2c(OCc3ccccc3)cccc21.CN(C)CCn1ccc2cc(Br)ccc21.CN(C)CCn1ccc2ccc([N+](=O)[O-])cc21.Cc1ccc2c(ccn2CCN(C)C)c1. The van der Waals surface area contributed by atoms with Gasteiger partial charge in [-0.1, -0.05) is 70.0 Å². The number of benzene rings is 6. The zero-order chi connectivity index (χ0) is 60.3. The molecule has 5 heterocycles. The fraction of sp³-hybridized carbons (Fsp3) is 0.324. The number of rotatable bonds is 19. The van der Waals surface area contributed by atoms with Crippen molar-refractivity contribution in [1.29, 1.82) is 0 Å². The van der Waals surface area contributed by atoms with Crippen LogP contribution in [0, 0.1) is 22.9 Å².